The van der Waals surface area contributed by atoms with E-state index in [4.69, 9.17) is 4.74 Å². The molecule has 3 aliphatic rings. The van der Waals surface area contributed by atoms with E-state index in [0.29, 0.717) is 0 Å². The molecule has 4 atom stereocenters. The predicted molar refractivity (Wildman–Crippen MR) is 44.0 cm³/mol. The molecule has 1 saturated carbocycles. The van der Waals surface area contributed by atoms with Crippen molar-refractivity contribution in [3.05, 3.63) is 12.2 Å². The molecule has 3 nitrogen and oxygen atoms in total. The van der Waals surface area contributed by atoms with Gasteiger partial charge in [0.05, 0.1) is 30.0 Å². The number of carbonyl (C=O) groups excluding carboxylic acids is 2. The SMILES string of the molecule is C[C@]12C=C[C@H](O1)[C@@H]1C(=O)CC(=O)[C@@H]12. The molecule has 0 radical (unpaired) electrons. The second-order valence-electron chi connectivity index (χ2n) is 4.24. The molecule has 0 amide bonds. The number of hydrogen-bond acceptors (Lipinski definition) is 3. The van der Waals surface area contributed by atoms with E-state index >= 15 is 0 Å². The molecular weight excluding hydrogens is 168 g/mol. The number of ether oxygens (including phenoxy) is 1. The fraction of sp³-hybridized carbons (Fsp3) is 0.600. The molecule has 2 bridgehead atoms. The number of carbonyl (C=O) groups is 2. The van der Waals surface area contributed by atoms with Gasteiger partial charge in [0.2, 0.25) is 0 Å². The van der Waals surface area contributed by atoms with Crippen LogP contribution in [0.5, 0.6) is 0 Å². The third-order valence-corrected chi connectivity index (χ3v) is 3.40. The van der Waals surface area contributed by atoms with Gasteiger partial charge in [0.25, 0.3) is 0 Å². The number of rotatable bonds is 0. The second-order valence-corrected chi connectivity index (χ2v) is 4.24. The molecule has 3 rings (SSSR count). The summed E-state index contributed by atoms with van der Waals surface area (Å²) < 4.78 is 5.61. The Morgan fingerprint density at radius 1 is 1.46 bits per heavy atom. The summed E-state index contributed by atoms with van der Waals surface area (Å²) in [6, 6.07) is 0. The van der Waals surface area contributed by atoms with Crippen LogP contribution in [-0.4, -0.2) is 23.3 Å². The van der Waals surface area contributed by atoms with E-state index in [2.05, 4.69) is 0 Å². The molecule has 13 heavy (non-hydrogen) atoms. The summed E-state index contributed by atoms with van der Waals surface area (Å²) in [6.07, 6.45) is 3.83. The van der Waals surface area contributed by atoms with E-state index in [9.17, 15) is 9.59 Å². The third-order valence-electron chi connectivity index (χ3n) is 3.40. The van der Waals surface area contributed by atoms with Gasteiger partial charge in [-0.2, -0.15) is 0 Å². The molecule has 0 N–H and O–H groups in total. The van der Waals surface area contributed by atoms with Gasteiger partial charge in [-0.25, -0.2) is 0 Å². The first-order valence-corrected chi connectivity index (χ1v) is 4.54. The van der Waals surface area contributed by atoms with Crippen molar-refractivity contribution < 1.29 is 14.3 Å². The molecule has 2 aliphatic heterocycles. The van der Waals surface area contributed by atoms with Gasteiger partial charge in [0, 0.05) is 0 Å². The van der Waals surface area contributed by atoms with Crippen LogP contribution in [0.1, 0.15) is 13.3 Å². The fourth-order valence-corrected chi connectivity index (χ4v) is 2.86. The summed E-state index contributed by atoms with van der Waals surface area (Å²) in [4.78, 5) is 23.0. The fourth-order valence-electron chi connectivity index (χ4n) is 2.86. The standard InChI is InChI=1S/C10H10O3/c1-10-3-2-7(13-10)8-5(11)4-6(12)9(8)10/h2-3,7-9H,4H2,1H3/t7-,8-,9-,10+/m0/s1. The van der Waals surface area contributed by atoms with Gasteiger partial charge in [-0.15, -0.1) is 0 Å². The average molecular weight is 178 g/mol. The lowest BCUT2D eigenvalue weighted by Crippen LogP contribution is -2.34. The minimum Gasteiger partial charge on any atom is -0.362 e. The lowest BCUT2D eigenvalue weighted by atomic mass is 9.78. The zero-order valence-corrected chi connectivity index (χ0v) is 7.32. The summed E-state index contributed by atoms with van der Waals surface area (Å²) in [7, 11) is 0. The molecule has 3 heteroatoms. The van der Waals surface area contributed by atoms with Gasteiger partial charge in [-0.3, -0.25) is 9.59 Å². The Kier molecular flexibility index (Phi) is 1.10. The molecule has 0 aromatic heterocycles. The monoisotopic (exact) mass is 178 g/mol. The van der Waals surface area contributed by atoms with Crippen LogP contribution in [0.25, 0.3) is 0 Å². The van der Waals surface area contributed by atoms with E-state index in [0.717, 1.165) is 0 Å². The van der Waals surface area contributed by atoms with Crippen molar-refractivity contribution >= 4 is 11.6 Å². The largest absolute Gasteiger partial charge is 0.362 e. The van der Waals surface area contributed by atoms with Crippen molar-refractivity contribution in [3.63, 3.8) is 0 Å². The maximum atomic E-state index is 11.5. The van der Waals surface area contributed by atoms with E-state index in [1.807, 2.05) is 19.1 Å². The molecule has 2 heterocycles. The zero-order valence-electron chi connectivity index (χ0n) is 7.32. The highest BCUT2D eigenvalue weighted by molar-refractivity contribution is 6.10. The van der Waals surface area contributed by atoms with E-state index in [1.54, 1.807) is 0 Å². The third kappa shape index (κ3) is 0.695. The minimum absolute atomic E-state index is 0.0596. The number of hydrogen-bond donors (Lipinski definition) is 0. The molecule has 0 aromatic rings. The Bertz CT molecular complexity index is 344. The zero-order chi connectivity index (χ0) is 9.22. The van der Waals surface area contributed by atoms with Crippen molar-refractivity contribution in [1.82, 2.24) is 0 Å². The Labute approximate surface area is 75.8 Å². The van der Waals surface area contributed by atoms with Crippen molar-refractivity contribution in [1.29, 1.82) is 0 Å². The van der Waals surface area contributed by atoms with Crippen LogP contribution < -0.4 is 0 Å². The smallest absolute Gasteiger partial charge is 0.147 e. The Morgan fingerprint density at radius 2 is 2.23 bits per heavy atom. The lowest BCUT2D eigenvalue weighted by molar-refractivity contribution is -0.126. The molecule has 1 saturated heterocycles. The maximum absolute atomic E-state index is 11.5. The average Bonchev–Trinajstić information content (AvgIpc) is 2.62. The molecule has 0 spiro atoms. The first-order chi connectivity index (χ1) is 6.12. The second kappa shape index (κ2) is 1.93. The highest BCUT2D eigenvalue weighted by Crippen LogP contribution is 2.51. The first kappa shape index (κ1) is 7.44. The number of ketones is 2. The van der Waals surface area contributed by atoms with Crippen LogP contribution in [0.4, 0.5) is 0 Å². The van der Waals surface area contributed by atoms with Crippen LogP contribution in [0, 0.1) is 11.8 Å². The first-order valence-electron chi connectivity index (χ1n) is 4.54. The quantitative estimate of drug-likeness (QED) is 0.400. The maximum Gasteiger partial charge on any atom is 0.147 e. The van der Waals surface area contributed by atoms with Gasteiger partial charge in [0.1, 0.15) is 11.6 Å². The predicted octanol–water partition coefficient (Wildman–Crippen LogP) is 0.488. The molecule has 0 aromatic carbocycles. The summed E-state index contributed by atoms with van der Waals surface area (Å²) in [5, 5.41) is 0. The Balaban J connectivity index is 2.13. The molecule has 68 valence electrons. The van der Waals surface area contributed by atoms with Crippen molar-refractivity contribution in [3.8, 4) is 0 Å². The topological polar surface area (TPSA) is 43.4 Å². The van der Waals surface area contributed by atoms with E-state index in [-0.39, 0.29) is 35.9 Å². The van der Waals surface area contributed by atoms with Crippen LogP contribution >= 0.6 is 0 Å². The Morgan fingerprint density at radius 3 is 2.92 bits per heavy atom. The normalized spacial score (nSPS) is 51.9. The van der Waals surface area contributed by atoms with E-state index < -0.39 is 5.60 Å². The van der Waals surface area contributed by atoms with E-state index in [1.165, 1.54) is 0 Å². The summed E-state index contributed by atoms with van der Waals surface area (Å²) in [5.41, 5.74) is -0.488. The van der Waals surface area contributed by atoms with Gasteiger partial charge >= 0.3 is 0 Å². The number of fused-ring (bicyclic) bond motifs is 5. The molecule has 0 unspecified atom stereocenters. The molecule has 1 aliphatic carbocycles. The van der Waals surface area contributed by atoms with Gasteiger partial charge in [0.15, 0.2) is 0 Å². The van der Waals surface area contributed by atoms with Crippen molar-refractivity contribution in [2.45, 2.75) is 25.0 Å². The van der Waals surface area contributed by atoms with Crippen LogP contribution in [-0.2, 0) is 14.3 Å². The summed E-state index contributed by atoms with van der Waals surface area (Å²) >= 11 is 0. The number of Topliss-reactive ketones (excluding diaryl/α,β-unsaturated/α-hetero) is 2. The van der Waals surface area contributed by atoms with Crippen LogP contribution in [0.3, 0.4) is 0 Å². The van der Waals surface area contributed by atoms with Gasteiger partial charge < -0.3 is 4.74 Å². The van der Waals surface area contributed by atoms with Crippen LogP contribution in [0.15, 0.2) is 12.2 Å². The van der Waals surface area contributed by atoms with Crippen LogP contribution in [0.2, 0.25) is 0 Å². The summed E-state index contributed by atoms with van der Waals surface area (Å²) in [5.74, 6) is -0.255. The molecule has 2 fully saturated rings. The molecular formula is C10H10O3. The lowest BCUT2D eigenvalue weighted by Gasteiger charge is -2.23. The highest BCUT2D eigenvalue weighted by Gasteiger charge is 2.62. The van der Waals surface area contributed by atoms with Crippen molar-refractivity contribution in [2.75, 3.05) is 0 Å². The highest BCUT2D eigenvalue weighted by atomic mass is 16.5. The van der Waals surface area contributed by atoms with Gasteiger partial charge in [-0.1, -0.05) is 12.2 Å². The summed E-state index contributed by atoms with van der Waals surface area (Å²) in [6.45, 7) is 1.89. The minimum atomic E-state index is -0.488. The van der Waals surface area contributed by atoms with Crippen molar-refractivity contribution in [2.24, 2.45) is 11.8 Å². The van der Waals surface area contributed by atoms with Gasteiger partial charge in [-0.05, 0) is 6.92 Å². The Hall–Kier alpha value is -0.960.